The first kappa shape index (κ1) is 19.0. The van der Waals surface area contributed by atoms with Crippen molar-refractivity contribution in [2.24, 2.45) is 16.8 Å². The number of halogens is 1. The van der Waals surface area contributed by atoms with E-state index >= 15 is 0 Å². The summed E-state index contributed by atoms with van der Waals surface area (Å²) in [5.41, 5.74) is 5.79. The van der Waals surface area contributed by atoms with E-state index in [1.807, 2.05) is 35.2 Å². The van der Waals surface area contributed by atoms with Gasteiger partial charge in [0, 0.05) is 31.6 Å². The van der Waals surface area contributed by atoms with Crippen LogP contribution in [0.25, 0.3) is 0 Å². The fraction of sp³-hybridized carbons (Fsp3) is 0.350. The predicted molar refractivity (Wildman–Crippen MR) is 105 cm³/mol. The van der Waals surface area contributed by atoms with Gasteiger partial charge >= 0.3 is 0 Å². The maximum absolute atomic E-state index is 13.6. The molecule has 1 atom stereocenters. The van der Waals surface area contributed by atoms with Gasteiger partial charge in [-0.15, -0.1) is 0 Å². The first-order valence-electron chi connectivity index (χ1n) is 9.52. The fourth-order valence-corrected chi connectivity index (χ4v) is 3.77. The minimum Gasteiger partial charge on any atom is -0.364 e. The number of benzene rings is 1. The highest BCUT2D eigenvalue weighted by atomic mass is 19.1. The van der Waals surface area contributed by atoms with Crippen molar-refractivity contribution in [3.63, 3.8) is 0 Å². The summed E-state index contributed by atoms with van der Waals surface area (Å²) in [6.45, 7) is 1.04. The molecule has 2 aromatic rings. The molecule has 0 saturated carbocycles. The van der Waals surface area contributed by atoms with Gasteiger partial charge in [-0.1, -0.05) is 30.3 Å². The molecule has 150 valence electrons. The summed E-state index contributed by atoms with van der Waals surface area (Å²) in [7, 11) is 0. The van der Waals surface area contributed by atoms with E-state index in [1.54, 1.807) is 11.2 Å². The van der Waals surface area contributed by atoms with Crippen molar-refractivity contribution in [1.29, 1.82) is 0 Å². The summed E-state index contributed by atoms with van der Waals surface area (Å²) in [5.74, 6) is -1.69. The highest BCUT2D eigenvalue weighted by molar-refractivity contribution is 5.91. The summed E-state index contributed by atoms with van der Waals surface area (Å²) in [4.78, 5) is 34.1. The van der Waals surface area contributed by atoms with Gasteiger partial charge in [-0.25, -0.2) is 19.4 Å². The van der Waals surface area contributed by atoms with Crippen molar-refractivity contribution >= 4 is 24.0 Å². The third-order valence-electron chi connectivity index (χ3n) is 5.33. The van der Waals surface area contributed by atoms with Crippen LogP contribution in [0.15, 0.2) is 41.6 Å². The molecule has 1 saturated heterocycles. The Morgan fingerprint density at radius 3 is 2.55 bits per heavy atom. The summed E-state index contributed by atoms with van der Waals surface area (Å²) in [5, 5.41) is 5.91. The summed E-state index contributed by atoms with van der Waals surface area (Å²) >= 11 is 0. The molecule has 2 amide bonds. The zero-order valence-electron chi connectivity index (χ0n) is 15.7. The highest BCUT2D eigenvalue weighted by Gasteiger charge is 2.35. The largest absolute Gasteiger partial charge is 0.364 e. The monoisotopic (exact) mass is 396 g/mol. The number of primary amides is 1. The van der Waals surface area contributed by atoms with E-state index in [4.69, 9.17) is 5.73 Å². The van der Waals surface area contributed by atoms with E-state index in [0.717, 1.165) is 11.8 Å². The number of amides is 2. The van der Waals surface area contributed by atoms with Crippen molar-refractivity contribution in [2.45, 2.75) is 25.3 Å². The van der Waals surface area contributed by atoms with Crippen LogP contribution in [0.4, 0.5) is 10.3 Å². The van der Waals surface area contributed by atoms with Gasteiger partial charge in [-0.2, -0.15) is 5.10 Å². The first-order chi connectivity index (χ1) is 14.0. The average Bonchev–Trinajstić information content (AvgIpc) is 3.24. The normalized spacial score (nSPS) is 19.6. The van der Waals surface area contributed by atoms with Crippen LogP contribution >= 0.6 is 0 Å². The van der Waals surface area contributed by atoms with Crippen LogP contribution in [0.2, 0.25) is 0 Å². The number of nitrogens with two attached hydrogens (primary N) is 1. The number of rotatable bonds is 4. The highest BCUT2D eigenvalue weighted by Crippen LogP contribution is 2.32. The number of carbonyl (C=O) groups is 2. The summed E-state index contributed by atoms with van der Waals surface area (Å²) in [6, 6.07) is 9.80. The second-order valence-corrected chi connectivity index (χ2v) is 7.14. The number of hydrazone groups is 1. The van der Waals surface area contributed by atoms with E-state index in [9.17, 15) is 14.0 Å². The Labute approximate surface area is 167 Å². The minimum atomic E-state index is -0.935. The molecule has 0 bridgehead atoms. The SMILES string of the molecule is NC(=O)c1nc(N2CCC(C(=O)N3N=CC[C@H]3c3ccccc3)CC2)ncc1F. The van der Waals surface area contributed by atoms with Gasteiger partial charge < -0.3 is 10.6 Å². The van der Waals surface area contributed by atoms with Crippen molar-refractivity contribution in [2.75, 3.05) is 18.0 Å². The average molecular weight is 396 g/mol. The Bertz CT molecular complexity index is 943. The number of hydrogen-bond donors (Lipinski definition) is 1. The molecule has 1 fully saturated rings. The molecule has 29 heavy (non-hydrogen) atoms. The smallest absolute Gasteiger partial charge is 0.270 e. The number of hydrogen-bond acceptors (Lipinski definition) is 6. The van der Waals surface area contributed by atoms with Gasteiger partial charge in [-0.05, 0) is 18.4 Å². The van der Waals surface area contributed by atoms with Gasteiger partial charge in [-0.3, -0.25) is 9.59 Å². The third-order valence-corrected chi connectivity index (χ3v) is 5.33. The van der Waals surface area contributed by atoms with Gasteiger partial charge in [0.15, 0.2) is 11.5 Å². The van der Waals surface area contributed by atoms with Crippen LogP contribution in [0.3, 0.4) is 0 Å². The molecule has 0 spiro atoms. The van der Waals surface area contributed by atoms with Gasteiger partial charge in [0.1, 0.15) is 0 Å². The van der Waals surface area contributed by atoms with Crippen molar-refractivity contribution in [1.82, 2.24) is 15.0 Å². The van der Waals surface area contributed by atoms with Crippen LogP contribution in [-0.4, -0.2) is 46.1 Å². The number of carbonyl (C=O) groups excluding carboxylic acids is 2. The molecular weight excluding hydrogens is 375 g/mol. The zero-order chi connectivity index (χ0) is 20.4. The van der Waals surface area contributed by atoms with Crippen molar-refractivity contribution in [3.05, 3.63) is 53.6 Å². The first-order valence-corrected chi connectivity index (χ1v) is 9.52. The lowest BCUT2D eigenvalue weighted by atomic mass is 9.94. The molecule has 4 rings (SSSR count). The lowest BCUT2D eigenvalue weighted by molar-refractivity contribution is -0.138. The van der Waals surface area contributed by atoms with E-state index in [1.165, 1.54) is 0 Å². The molecule has 2 aliphatic heterocycles. The second-order valence-electron chi connectivity index (χ2n) is 7.14. The Balaban J connectivity index is 1.42. The van der Waals surface area contributed by atoms with Gasteiger partial charge in [0.05, 0.1) is 12.2 Å². The number of nitrogens with zero attached hydrogens (tertiary/aromatic N) is 5. The zero-order valence-corrected chi connectivity index (χ0v) is 15.7. The molecule has 8 nitrogen and oxygen atoms in total. The van der Waals surface area contributed by atoms with Gasteiger partial charge in [0.2, 0.25) is 11.9 Å². The Morgan fingerprint density at radius 2 is 1.86 bits per heavy atom. The minimum absolute atomic E-state index is 0.00472. The Hall–Kier alpha value is -3.36. The number of aromatic nitrogens is 2. The van der Waals surface area contributed by atoms with Crippen LogP contribution < -0.4 is 10.6 Å². The molecule has 9 heteroatoms. The van der Waals surface area contributed by atoms with E-state index in [2.05, 4.69) is 15.1 Å². The quantitative estimate of drug-likeness (QED) is 0.850. The molecule has 2 aliphatic rings. The van der Waals surface area contributed by atoms with Crippen LogP contribution in [-0.2, 0) is 4.79 Å². The molecule has 0 unspecified atom stereocenters. The standard InChI is InChI=1S/C20H21FN6O2/c21-15-12-23-20(25-17(15)18(22)28)26-10-7-14(8-11-26)19(29)27-16(6-9-24-27)13-4-2-1-3-5-13/h1-5,9,12,14,16H,6-8,10-11H2,(H2,22,28)/t16-/m0/s1. The van der Waals surface area contributed by atoms with E-state index < -0.39 is 17.4 Å². The maximum Gasteiger partial charge on any atom is 0.270 e. The maximum atomic E-state index is 13.6. The lowest BCUT2D eigenvalue weighted by Crippen LogP contribution is -2.41. The second kappa shape index (κ2) is 7.94. The molecule has 1 aromatic carbocycles. The third kappa shape index (κ3) is 3.80. The molecule has 0 aliphatic carbocycles. The van der Waals surface area contributed by atoms with E-state index in [-0.39, 0.29) is 23.8 Å². The van der Waals surface area contributed by atoms with E-state index in [0.29, 0.717) is 32.4 Å². The molecule has 3 heterocycles. The molecular formula is C20H21FN6O2. The topological polar surface area (TPSA) is 105 Å². The molecule has 0 radical (unpaired) electrons. The molecule has 2 N–H and O–H groups in total. The Morgan fingerprint density at radius 1 is 1.14 bits per heavy atom. The van der Waals surface area contributed by atoms with Crippen LogP contribution in [0, 0.1) is 11.7 Å². The number of piperidine rings is 1. The van der Waals surface area contributed by atoms with Gasteiger partial charge in [0.25, 0.3) is 5.91 Å². The van der Waals surface area contributed by atoms with Crippen molar-refractivity contribution in [3.8, 4) is 0 Å². The fourth-order valence-electron chi connectivity index (χ4n) is 3.77. The van der Waals surface area contributed by atoms with Crippen LogP contribution in [0.5, 0.6) is 0 Å². The predicted octanol–water partition coefficient (Wildman–Crippen LogP) is 1.89. The number of anilines is 1. The van der Waals surface area contributed by atoms with Crippen LogP contribution in [0.1, 0.15) is 41.4 Å². The summed E-state index contributed by atoms with van der Waals surface area (Å²) in [6.07, 6.45) is 4.62. The lowest BCUT2D eigenvalue weighted by Gasteiger charge is -2.33. The van der Waals surface area contributed by atoms with Crippen molar-refractivity contribution < 1.29 is 14.0 Å². The summed E-state index contributed by atoms with van der Waals surface area (Å²) < 4.78 is 13.6. The Kier molecular flexibility index (Phi) is 5.20. The molecule has 1 aromatic heterocycles.